The van der Waals surface area contributed by atoms with Crippen LogP contribution >= 0.6 is 0 Å². The Balaban J connectivity index is 2.36. The van der Waals surface area contributed by atoms with Crippen LogP contribution in [0, 0.1) is 11.8 Å². The first-order valence-electron chi connectivity index (χ1n) is 4.23. The summed E-state index contributed by atoms with van der Waals surface area (Å²) in [5.74, 6) is 7.39. The molecule has 0 saturated carbocycles. The van der Waals surface area contributed by atoms with Crippen LogP contribution < -0.4 is 5.84 Å². The first-order chi connectivity index (χ1) is 4.74. The molecule has 1 heterocycles. The summed E-state index contributed by atoms with van der Waals surface area (Å²) in [5, 5.41) is 1.94. The molecule has 1 aliphatic rings. The van der Waals surface area contributed by atoms with Crippen molar-refractivity contribution in [2.45, 2.75) is 26.7 Å². The van der Waals surface area contributed by atoms with Crippen LogP contribution in [0.2, 0.25) is 0 Å². The third-order valence-corrected chi connectivity index (χ3v) is 2.64. The summed E-state index contributed by atoms with van der Waals surface area (Å²) in [6.45, 7) is 6.74. The lowest BCUT2D eigenvalue weighted by Crippen LogP contribution is -2.43. The highest BCUT2D eigenvalue weighted by Crippen LogP contribution is 2.23. The van der Waals surface area contributed by atoms with E-state index in [1.165, 1.54) is 12.8 Å². The van der Waals surface area contributed by atoms with E-state index in [1.54, 1.807) is 0 Å². The van der Waals surface area contributed by atoms with Crippen molar-refractivity contribution >= 4 is 0 Å². The maximum atomic E-state index is 5.68. The molecule has 0 aromatic heterocycles. The predicted molar refractivity (Wildman–Crippen MR) is 43.3 cm³/mol. The van der Waals surface area contributed by atoms with E-state index in [4.69, 9.17) is 5.84 Å². The van der Waals surface area contributed by atoms with Crippen molar-refractivity contribution in [3.63, 3.8) is 0 Å². The maximum Gasteiger partial charge on any atom is 0.0156 e. The molecule has 0 radical (unpaired) electrons. The van der Waals surface area contributed by atoms with Crippen molar-refractivity contribution in [3.05, 3.63) is 0 Å². The van der Waals surface area contributed by atoms with Gasteiger partial charge in [-0.15, -0.1) is 0 Å². The van der Waals surface area contributed by atoms with Crippen LogP contribution in [-0.2, 0) is 0 Å². The van der Waals surface area contributed by atoms with Gasteiger partial charge in [-0.1, -0.05) is 20.3 Å². The molecule has 2 nitrogen and oxygen atoms in total. The van der Waals surface area contributed by atoms with Gasteiger partial charge >= 0.3 is 0 Å². The van der Waals surface area contributed by atoms with E-state index in [-0.39, 0.29) is 0 Å². The Morgan fingerprint density at radius 1 is 1.60 bits per heavy atom. The SMILES string of the molecule is CCC1CCN(N)CC1C. The smallest absolute Gasteiger partial charge is 0.0156 e. The molecule has 60 valence electrons. The van der Waals surface area contributed by atoms with Gasteiger partial charge in [0.25, 0.3) is 0 Å². The number of hydrazine groups is 1. The summed E-state index contributed by atoms with van der Waals surface area (Å²) in [4.78, 5) is 0. The number of nitrogens with two attached hydrogens (primary N) is 1. The van der Waals surface area contributed by atoms with Gasteiger partial charge in [-0.05, 0) is 18.3 Å². The highest BCUT2D eigenvalue weighted by Gasteiger charge is 2.22. The van der Waals surface area contributed by atoms with Gasteiger partial charge in [0.15, 0.2) is 0 Å². The lowest BCUT2D eigenvalue weighted by atomic mass is 9.86. The third kappa shape index (κ3) is 1.70. The number of hydrogen-bond donors (Lipinski definition) is 1. The van der Waals surface area contributed by atoms with Gasteiger partial charge in [-0.3, -0.25) is 5.84 Å². The fourth-order valence-electron chi connectivity index (χ4n) is 1.83. The molecule has 1 rings (SSSR count). The molecule has 10 heavy (non-hydrogen) atoms. The Morgan fingerprint density at radius 2 is 2.30 bits per heavy atom. The lowest BCUT2D eigenvalue weighted by Gasteiger charge is -2.33. The lowest BCUT2D eigenvalue weighted by molar-refractivity contribution is 0.128. The largest absolute Gasteiger partial charge is 0.269 e. The molecule has 0 bridgehead atoms. The highest BCUT2D eigenvalue weighted by atomic mass is 15.4. The zero-order valence-corrected chi connectivity index (χ0v) is 7.01. The summed E-state index contributed by atoms with van der Waals surface area (Å²) in [5.41, 5.74) is 0. The molecule has 2 N–H and O–H groups in total. The topological polar surface area (TPSA) is 29.3 Å². The number of piperidine rings is 1. The number of hydrogen-bond acceptors (Lipinski definition) is 2. The average Bonchev–Trinajstić information content (AvgIpc) is 1.88. The van der Waals surface area contributed by atoms with Crippen molar-refractivity contribution in [3.8, 4) is 0 Å². The van der Waals surface area contributed by atoms with E-state index in [0.29, 0.717) is 0 Å². The van der Waals surface area contributed by atoms with Crippen molar-refractivity contribution in [2.75, 3.05) is 13.1 Å². The van der Waals surface area contributed by atoms with Crippen LogP contribution in [0.3, 0.4) is 0 Å². The zero-order chi connectivity index (χ0) is 7.56. The Bertz CT molecular complexity index is 103. The standard InChI is InChI=1S/C8H18N2/c1-3-8-4-5-10(9)6-7(8)2/h7-8H,3-6,9H2,1-2H3. The van der Waals surface area contributed by atoms with Crippen LogP contribution in [-0.4, -0.2) is 18.1 Å². The first-order valence-corrected chi connectivity index (χ1v) is 4.23. The van der Waals surface area contributed by atoms with Crippen molar-refractivity contribution in [1.82, 2.24) is 5.01 Å². The fraction of sp³-hybridized carbons (Fsp3) is 1.00. The summed E-state index contributed by atoms with van der Waals surface area (Å²) in [6, 6.07) is 0. The van der Waals surface area contributed by atoms with Gasteiger partial charge in [-0.25, -0.2) is 5.01 Å². The molecule has 0 aromatic carbocycles. The summed E-state index contributed by atoms with van der Waals surface area (Å²) in [7, 11) is 0. The van der Waals surface area contributed by atoms with E-state index in [9.17, 15) is 0 Å². The normalized spacial score (nSPS) is 36.3. The van der Waals surface area contributed by atoms with Crippen molar-refractivity contribution in [1.29, 1.82) is 0 Å². The van der Waals surface area contributed by atoms with Gasteiger partial charge < -0.3 is 0 Å². The first kappa shape index (κ1) is 8.02. The highest BCUT2D eigenvalue weighted by molar-refractivity contribution is 4.73. The quantitative estimate of drug-likeness (QED) is 0.558. The van der Waals surface area contributed by atoms with E-state index in [2.05, 4.69) is 13.8 Å². The van der Waals surface area contributed by atoms with Gasteiger partial charge in [0.05, 0.1) is 0 Å². The maximum absolute atomic E-state index is 5.68. The van der Waals surface area contributed by atoms with Crippen LogP contribution in [0.15, 0.2) is 0 Å². The molecular weight excluding hydrogens is 124 g/mol. The Hall–Kier alpha value is -0.0800. The molecule has 0 amide bonds. The van der Waals surface area contributed by atoms with E-state index < -0.39 is 0 Å². The predicted octanol–water partition coefficient (Wildman–Crippen LogP) is 1.23. The molecular formula is C8H18N2. The minimum absolute atomic E-state index is 0.795. The van der Waals surface area contributed by atoms with Crippen molar-refractivity contribution in [2.24, 2.45) is 17.7 Å². The number of rotatable bonds is 1. The van der Waals surface area contributed by atoms with Crippen molar-refractivity contribution < 1.29 is 0 Å². The molecule has 2 atom stereocenters. The minimum Gasteiger partial charge on any atom is -0.269 e. The molecule has 2 unspecified atom stereocenters. The summed E-state index contributed by atoms with van der Waals surface area (Å²) >= 11 is 0. The minimum atomic E-state index is 0.795. The second kappa shape index (κ2) is 3.35. The molecule has 1 fully saturated rings. The fourth-order valence-corrected chi connectivity index (χ4v) is 1.83. The molecule has 0 aliphatic carbocycles. The summed E-state index contributed by atoms with van der Waals surface area (Å²) in [6.07, 6.45) is 2.60. The van der Waals surface area contributed by atoms with Gasteiger partial charge in [-0.2, -0.15) is 0 Å². The number of nitrogens with zero attached hydrogens (tertiary/aromatic N) is 1. The third-order valence-electron chi connectivity index (χ3n) is 2.64. The molecule has 1 aliphatic heterocycles. The van der Waals surface area contributed by atoms with Gasteiger partial charge in [0.1, 0.15) is 0 Å². The monoisotopic (exact) mass is 142 g/mol. The van der Waals surface area contributed by atoms with E-state index in [0.717, 1.165) is 24.9 Å². The van der Waals surface area contributed by atoms with Crippen LogP contribution in [0.1, 0.15) is 26.7 Å². The van der Waals surface area contributed by atoms with E-state index >= 15 is 0 Å². The average molecular weight is 142 g/mol. The van der Waals surface area contributed by atoms with Crippen LogP contribution in [0.4, 0.5) is 0 Å². The van der Waals surface area contributed by atoms with E-state index in [1.807, 2.05) is 5.01 Å². The molecule has 2 heteroatoms. The Labute approximate surface area is 63.4 Å². The Kier molecular flexibility index (Phi) is 2.69. The second-order valence-electron chi connectivity index (χ2n) is 3.43. The van der Waals surface area contributed by atoms with Crippen LogP contribution in [0.5, 0.6) is 0 Å². The molecule has 0 spiro atoms. The van der Waals surface area contributed by atoms with Gasteiger partial charge in [0.2, 0.25) is 0 Å². The summed E-state index contributed by atoms with van der Waals surface area (Å²) < 4.78 is 0. The Morgan fingerprint density at radius 3 is 2.80 bits per heavy atom. The molecule has 0 aromatic rings. The zero-order valence-electron chi connectivity index (χ0n) is 7.01. The van der Waals surface area contributed by atoms with Gasteiger partial charge in [0, 0.05) is 13.1 Å². The van der Waals surface area contributed by atoms with Crippen LogP contribution in [0.25, 0.3) is 0 Å². The second-order valence-corrected chi connectivity index (χ2v) is 3.43. The molecule has 1 saturated heterocycles.